The van der Waals surface area contributed by atoms with Crippen molar-refractivity contribution in [1.29, 1.82) is 0 Å². The molecule has 0 atom stereocenters. The number of allylic oxidation sites excluding steroid dienone is 2. The van der Waals surface area contributed by atoms with Crippen LogP contribution in [-0.2, 0) is 13.0 Å². The van der Waals surface area contributed by atoms with E-state index in [9.17, 15) is 9.18 Å². The van der Waals surface area contributed by atoms with Crippen molar-refractivity contribution in [2.24, 2.45) is 0 Å². The van der Waals surface area contributed by atoms with Gasteiger partial charge in [0.25, 0.3) is 5.56 Å². The van der Waals surface area contributed by atoms with Crippen LogP contribution in [0.2, 0.25) is 0 Å². The quantitative estimate of drug-likeness (QED) is 0.442. The molecule has 0 fully saturated rings. The van der Waals surface area contributed by atoms with Crippen LogP contribution in [0.5, 0.6) is 0 Å². The molecule has 1 aromatic carbocycles. The summed E-state index contributed by atoms with van der Waals surface area (Å²) in [7, 11) is 0. The third-order valence-corrected chi connectivity index (χ3v) is 6.05. The van der Waals surface area contributed by atoms with E-state index in [4.69, 9.17) is 5.10 Å². The fourth-order valence-corrected chi connectivity index (χ4v) is 4.36. The molecule has 0 N–H and O–H groups in total. The van der Waals surface area contributed by atoms with Gasteiger partial charge in [-0.2, -0.15) is 5.10 Å². The number of hydrogen-bond donors (Lipinski definition) is 0. The monoisotopic (exact) mass is 417 g/mol. The number of aryl methyl sites for hydroxylation is 2. The van der Waals surface area contributed by atoms with Crippen molar-refractivity contribution in [3.8, 4) is 11.1 Å². The normalized spacial score (nSPS) is 14.3. The average molecular weight is 417 g/mol. The number of rotatable bonds is 5. The summed E-state index contributed by atoms with van der Waals surface area (Å²) in [5, 5.41) is 13.4. The molecule has 0 amide bonds. The first kappa shape index (κ1) is 19.6. The Kier molecular flexibility index (Phi) is 5.10. The zero-order valence-electron chi connectivity index (χ0n) is 17.5. The van der Waals surface area contributed by atoms with Gasteiger partial charge in [-0.15, -0.1) is 10.2 Å². The van der Waals surface area contributed by atoms with Crippen molar-refractivity contribution in [1.82, 2.24) is 24.4 Å². The molecule has 3 heterocycles. The summed E-state index contributed by atoms with van der Waals surface area (Å²) in [5.74, 6) is -0.292. The highest BCUT2D eigenvalue weighted by atomic mass is 19.1. The van der Waals surface area contributed by atoms with Crippen LogP contribution in [0.3, 0.4) is 0 Å². The van der Waals surface area contributed by atoms with E-state index in [0.29, 0.717) is 29.6 Å². The molecule has 1 aliphatic carbocycles. The lowest BCUT2D eigenvalue weighted by Gasteiger charge is -2.13. The number of nitrogens with zero attached hydrogens (tertiary/aromatic N) is 5. The van der Waals surface area contributed by atoms with Gasteiger partial charge in [-0.25, -0.2) is 8.91 Å². The molecular formula is C24H24FN5O. The topological polar surface area (TPSA) is 65.1 Å². The Labute approximate surface area is 179 Å². The van der Waals surface area contributed by atoms with Crippen molar-refractivity contribution < 1.29 is 4.39 Å². The number of hydrogen-bond acceptors (Lipinski definition) is 4. The van der Waals surface area contributed by atoms with Crippen LogP contribution in [-0.4, -0.2) is 24.4 Å². The van der Waals surface area contributed by atoms with E-state index in [1.165, 1.54) is 30.5 Å². The number of aromatic nitrogens is 5. The molecule has 158 valence electrons. The van der Waals surface area contributed by atoms with Crippen LogP contribution in [0.15, 0.2) is 53.0 Å². The van der Waals surface area contributed by atoms with Crippen LogP contribution in [0.1, 0.15) is 44.7 Å². The van der Waals surface area contributed by atoms with Gasteiger partial charge in [0.1, 0.15) is 11.3 Å². The molecule has 0 aliphatic heterocycles. The second-order valence-electron chi connectivity index (χ2n) is 8.02. The van der Waals surface area contributed by atoms with Crippen molar-refractivity contribution in [2.45, 2.75) is 52.0 Å². The van der Waals surface area contributed by atoms with Gasteiger partial charge in [0.05, 0.1) is 11.3 Å². The molecule has 0 saturated carbocycles. The Morgan fingerprint density at radius 2 is 1.94 bits per heavy atom. The van der Waals surface area contributed by atoms with E-state index in [2.05, 4.69) is 16.3 Å². The fourth-order valence-electron chi connectivity index (χ4n) is 4.36. The fraction of sp³-hybridized carbons (Fsp3) is 0.333. The van der Waals surface area contributed by atoms with Crippen molar-refractivity contribution in [3.63, 3.8) is 0 Å². The van der Waals surface area contributed by atoms with Gasteiger partial charge < -0.3 is 4.57 Å². The van der Waals surface area contributed by atoms with Crippen molar-refractivity contribution >= 4 is 16.7 Å². The van der Waals surface area contributed by atoms with E-state index < -0.39 is 0 Å². The number of pyridine rings is 1. The summed E-state index contributed by atoms with van der Waals surface area (Å²) in [4.78, 5) is 13.1. The van der Waals surface area contributed by atoms with E-state index in [-0.39, 0.29) is 11.4 Å². The van der Waals surface area contributed by atoms with Crippen LogP contribution in [0, 0.1) is 5.82 Å². The number of halogens is 1. The molecule has 0 bridgehead atoms. The summed E-state index contributed by atoms with van der Waals surface area (Å²) in [6, 6.07) is 8.17. The molecule has 1 aliphatic rings. The minimum Gasteiger partial charge on any atom is -0.313 e. The Balaban J connectivity index is 1.59. The third-order valence-electron chi connectivity index (χ3n) is 6.05. The Morgan fingerprint density at radius 3 is 2.68 bits per heavy atom. The molecule has 0 unspecified atom stereocenters. The minimum absolute atomic E-state index is 0.153. The zero-order chi connectivity index (χ0) is 21.4. The van der Waals surface area contributed by atoms with E-state index in [0.717, 1.165) is 36.1 Å². The van der Waals surface area contributed by atoms with Gasteiger partial charge >= 0.3 is 0 Å². The standard InChI is InChI=1S/C24H24FN5O/c1-2-19-21(17-8-10-18(25)11-9-17)23-27-26-22-20(30(23)28-19)13-15-29(24(22)31)14-12-16-6-4-3-5-7-16/h6,8-11,13,15H,2-5,7,12,14H2,1H3. The summed E-state index contributed by atoms with van der Waals surface area (Å²) in [6.45, 7) is 2.65. The van der Waals surface area contributed by atoms with Crippen LogP contribution in [0.4, 0.5) is 4.39 Å². The molecule has 31 heavy (non-hydrogen) atoms. The maximum absolute atomic E-state index is 13.4. The first-order valence-electron chi connectivity index (χ1n) is 10.9. The highest BCUT2D eigenvalue weighted by molar-refractivity contribution is 5.84. The average Bonchev–Trinajstić information content (AvgIpc) is 3.19. The lowest BCUT2D eigenvalue weighted by molar-refractivity contribution is 0.615. The zero-order valence-corrected chi connectivity index (χ0v) is 17.5. The maximum atomic E-state index is 13.4. The Hall–Kier alpha value is -3.35. The third kappa shape index (κ3) is 3.54. The van der Waals surface area contributed by atoms with Gasteiger partial charge in [-0.1, -0.05) is 30.7 Å². The molecule has 0 saturated heterocycles. The number of benzene rings is 1. The molecule has 7 heteroatoms. The SMILES string of the molecule is CCc1nn2c(nnc3c(=O)n(CCC4=CCCCC4)ccc32)c1-c1ccc(F)cc1. The lowest BCUT2D eigenvalue weighted by Crippen LogP contribution is -2.22. The number of fused-ring (bicyclic) bond motifs is 3. The summed E-state index contributed by atoms with van der Waals surface area (Å²) < 4.78 is 16.8. The second kappa shape index (κ2) is 8.06. The Morgan fingerprint density at radius 1 is 1.10 bits per heavy atom. The van der Waals surface area contributed by atoms with Crippen LogP contribution < -0.4 is 5.56 Å². The molecule has 5 rings (SSSR count). The van der Waals surface area contributed by atoms with Gasteiger partial charge in [0, 0.05) is 12.7 Å². The van der Waals surface area contributed by atoms with Crippen LogP contribution >= 0.6 is 0 Å². The predicted molar refractivity (Wildman–Crippen MR) is 118 cm³/mol. The maximum Gasteiger partial charge on any atom is 0.280 e. The molecule has 6 nitrogen and oxygen atoms in total. The van der Waals surface area contributed by atoms with Crippen LogP contribution in [0.25, 0.3) is 27.8 Å². The van der Waals surface area contributed by atoms with E-state index in [1.807, 2.05) is 19.2 Å². The molecule has 0 radical (unpaired) electrons. The van der Waals surface area contributed by atoms with Gasteiger partial charge in [0.2, 0.25) is 0 Å². The minimum atomic E-state index is -0.292. The summed E-state index contributed by atoms with van der Waals surface area (Å²) >= 11 is 0. The molecule has 4 aromatic rings. The Bertz CT molecular complexity index is 1350. The largest absolute Gasteiger partial charge is 0.313 e. The first-order valence-corrected chi connectivity index (χ1v) is 10.9. The molecular weight excluding hydrogens is 393 g/mol. The lowest BCUT2D eigenvalue weighted by atomic mass is 9.97. The second-order valence-corrected chi connectivity index (χ2v) is 8.02. The highest BCUT2D eigenvalue weighted by Gasteiger charge is 2.19. The van der Waals surface area contributed by atoms with E-state index >= 15 is 0 Å². The smallest absolute Gasteiger partial charge is 0.280 e. The van der Waals surface area contributed by atoms with E-state index in [1.54, 1.807) is 21.2 Å². The van der Waals surface area contributed by atoms with Crippen molar-refractivity contribution in [2.75, 3.05) is 0 Å². The van der Waals surface area contributed by atoms with Gasteiger partial charge in [-0.3, -0.25) is 4.79 Å². The highest BCUT2D eigenvalue weighted by Crippen LogP contribution is 2.29. The van der Waals surface area contributed by atoms with Gasteiger partial charge in [-0.05, 0) is 62.3 Å². The molecule has 0 spiro atoms. The first-order chi connectivity index (χ1) is 15.2. The summed E-state index contributed by atoms with van der Waals surface area (Å²) in [5.41, 5.74) is 5.28. The summed E-state index contributed by atoms with van der Waals surface area (Å²) in [6.07, 6.45) is 10.5. The predicted octanol–water partition coefficient (Wildman–Crippen LogP) is 4.70. The molecule has 3 aromatic heterocycles. The van der Waals surface area contributed by atoms with Crippen molar-refractivity contribution in [3.05, 3.63) is 70.0 Å². The van der Waals surface area contributed by atoms with Gasteiger partial charge in [0.15, 0.2) is 11.2 Å².